The number of unbranched alkanes of at least 4 members (excludes halogenated alkanes) is 4. The van der Waals surface area contributed by atoms with Crippen molar-refractivity contribution in [1.82, 2.24) is 5.32 Å². The van der Waals surface area contributed by atoms with E-state index in [1.54, 1.807) is 0 Å². The van der Waals surface area contributed by atoms with E-state index in [0.717, 1.165) is 12.8 Å². The highest BCUT2D eigenvalue weighted by atomic mass is 16.3. The molecule has 0 spiro atoms. The zero-order chi connectivity index (χ0) is 12.0. The lowest BCUT2D eigenvalue weighted by molar-refractivity contribution is 0.0186. The van der Waals surface area contributed by atoms with Crippen LogP contribution in [0.15, 0.2) is 0 Å². The van der Waals surface area contributed by atoms with Gasteiger partial charge in [-0.05, 0) is 6.42 Å². The van der Waals surface area contributed by atoms with Crippen LogP contribution < -0.4 is 5.32 Å². The van der Waals surface area contributed by atoms with Crippen molar-refractivity contribution < 1.29 is 15.3 Å². The molecule has 1 saturated heterocycles. The molecule has 1 aliphatic heterocycles. The standard InChI is InChI=1S/C12H25NO3/c1-2-3-4-5-6-7-9-11(15)12(16)10(8-14)13-9/h9-16H,2-8H2,1H3/t9-,10-,11-,12-/m0/s1. The van der Waals surface area contributed by atoms with Gasteiger partial charge in [-0.15, -0.1) is 0 Å². The molecule has 0 aliphatic carbocycles. The lowest BCUT2D eigenvalue weighted by atomic mass is 10.0. The molecule has 0 radical (unpaired) electrons. The molecule has 1 aliphatic rings. The quantitative estimate of drug-likeness (QED) is 0.479. The molecule has 0 aromatic rings. The van der Waals surface area contributed by atoms with E-state index in [9.17, 15) is 10.2 Å². The van der Waals surface area contributed by atoms with E-state index in [1.807, 2.05) is 0 Å². The summed E-state index contributed by atoms with van der Waals surface area (Å²) in [5, 5.41) is 31.4. The van der Waals surface area contributed by atoms with E-state index in [2.05, 4.69) is 12.2 Å². The minimum Gasteiger partial charge on any atom is -0.395 e. The maximum absolute atomic E-state index is 9.74. The van der Waals surface area contributed by atoms with E-state index < -0.39 is 12.2 Å². The Hall–Kier alpha value is -0.160. The second-order valence-corrected chi connectivity index (χ2v) is 4.75. The van der Waals surface area contributed by atoms with Gasteiger partial charge in [-0.1, -0.05) is 39.0 Å². The van der Waals surface area contributed by atoms with Gasteiger partial charge in [-0.3, -0.25) is 0 Å². The summed E-state index contributed by atoms with van der Waals surface area (Å²) in [4.78, 5) is 0. The van der Waals surface area contributed by atoms with Crippen molar-refractivity contribution in [2.75, 3.05) is 6.61 Å². The van der Waals surface area contributed by atoms with E-state index in [0.29, 0.717) is 0 Å². The smallest absolute Gasteiger partial charge is 0.0989 e. The highest BCUT2D eigenvalue weighted by molar-refractivity contribution is 4.97. The number of nitrogens with one attached hydrogen (secondary N) is 1. The Morgan fingerprint density at radius 2 is 1.56 bits per heavy atom. The van der Waals surface area contributed by atoms with Crippen LogP contribution in [0.1, 0.15) is 45.4 Å². The lowest BCUT2D eigenvalue weighted by Gasteiger charge is -2.15. The third kappa shape index (κ3) is 3.70. The maximum atomic E-state index is 9.74. The molecule has 0 bridgehead atoms. The lowest BCUT2D eigenvalue weighted by Crippen LogP contribution is -2.36. The number of aliphatic hydroxyl groups is 3. The topological polar surface area (TPSA) is 72.7 Å². The van der Waals surface area contributed by atoms with Crippen LogP contribution in [0.5, 0.6) is 0 Å². The highest BCUT2D eigenvalue weighted by Gasteiger charge is 2.39. The van der Waals surface area contributed by atoms with Gasteiger partial charge in [-0.25, -0.2) is 0 Å². The normalized spacial score (nSPS) is 34.5. The fourth-order valence-electron chi connectivity index (χ4n) is 2.33. The summed E-state index contributed by atoms with van der Waals surface area (Å²) >= 11 is 0. The number of rotatable bonds is 7. The summed E-state index contributed by atoms with van der Waals surface area (Å²) in [6, 6.07) is -0.426. The van der Waals surface area contributed by atoms with Crippen LogP contribution >= 0.6 is 0 Å². The minimum atomic E-state index is -0.828. The average Bonchev–Trinajstić information content (AvgIpc) is 2.56. The van der Waals surface area contributed by atoms with Crippen LogP contribution in [0, 0.1) is 0 Å². The first-order valence-electron chi connectivity index (χ1n) is 6.43. The predicted octanol–water partition coefficient (Wildman–Crippen LogP) is 0.401. The van der Waals surface area contributed by atoms with Crippen LogP contribution in [0.3, 0.4) is 0 Å². The van der Waals surface area contributed by atoms with Gasteiger partial charge in [-0.2, -0.15) is 0 Å². The minimum absolute atomic E-state index is 0.0613. The average molecular weight is 231 g/mol. The summed E-state index contributed by atoms with van der Waals surface area (Å²) in [5.41, 5.74) is 0. The van der Waals surface area contributed by atoms with Crippen LogP contribution in [-0.2, 0) is 0 Å². The molecule has 16 heavy (non-hydrogen) atoms. The Morgan fingerprint density at radius 3 is 2.12 bits per heavy atom. The number of aliphatic hydroxyl groups excluding tert-OH is 3. The van der Waals surface area contributed by atoms with E-state index >= 15 is 0 Å². The fourth-order valence-corrected chi connectivity index (χ4v) is 2.33. The molecule has 4 N–H and O–H groups in total. The molecule has 0 aromatic carbocycles. The van der Waals surface area contributed by atoms with Crippen molar-refractivity contribution in [2.24, 2.45) is 0 Å². The van der Waals surface area contributed by atoms with Crippen molar-refractivity contribution >= 4 is 0 Å². The SMILES string of the molecule is CCCCCCC[C@@H]1N[C@@H](CO)[C@H](O)[C@H]1O. The zero-order valence-corrected chi connectivity index (χ0v) is 10.1. The van der Waals surface area contributed by atoms with Crippen molar-refractivity contribution in [3.63, 3.8) is 0 Å². The zero-order valence-electron chi connectivity index (χ0n) is 10.1. The summed E-state index contributed by atoms with van der Waals surface area (Å²) < 4.78 is 0. The van der Waals surface area contributed by atoms with Gasteiger partial charge < -0.3 is 20.6 Å². The predicted molar refractivity (Wildman–Crippen MR) is 63.2 cm³/mol. The van der Waals surface area contributed by atoms with Gasteiger partial charge in [0.15, 0.2) is 0 Å². The van der Waals surface area contributed by atoms with Crippen molar-refractivity contribution in [3.8, 4) is 0 Å². The van der Waals surface area contributed by atoms with E-state index in [1.165, 1.54) is 25.7 Å². The van der Waals surface area contributed by atoms with Crippen LogP contribution in [-0.4, -0.2) is 46.2 Å². The van der Waals surface area contributed by atoms with E-state index in [-0.39, 0.29) is 18.7 Å². The second-order valence-electron chi connectivity index (χ2n) is 4.75. The molecular formula is C12H25NO3. The molecule has 4 heteroatoms. The van der Waals surface area contributed by atoms with Crippen LogP contribution in [0.4, 0.5) is 0 Å². The molecule has 4 atom stereocenters. The molecule has 1 heterocycles. The molecule has 0 amide bonds. The number of hydrogen-bond donors (Lipinski definition) is 4. The molecular weight excluding hydrogens is 206 g/mol. The van der Waals surface area contributed by atoms with Gasteiger partial charge >= 0.3 is 0 Å². The van der Waals surface area contributed by atoms with Crippen LogP contribution in [0.2, 0.25) is 0 Å². The molecule has 1 fully saturated rings. The molecule has 1 rings (SSSR count). The van der Waals surface area contributed by atoms with Gasteiger partial charge in [0.25, 0.3) is 0 Å². The number of hydrogen-bond acceptors (Lipinski definition) is 4. The van der Waals surface area contributed by atoms with E-state index in [4.69, 9.17) is 5.11 Å². The maximum Gasteiger partial charge on any atom is 0.0989 e. The molecule has 0 unspecified atom stereocenters. The van der Waals surface area contributed by atoms with Gasteiger partial charge in [0, 0.05) is 6.04 Å². The third-order valence-electron chi connectivity index (χ3n) is 3.42. The first-order chi connectivity index (χ1) is 7.70. The van der Waals surface area contributed by atoms with Crippen molar-refractivity contribution in [1.29, 1.82) is 0 Å². The molecule has 0 saturated carbocycles. The molecule has 96 valence electrons. The first-order valence-corrected chi connectivity index (χ1v) is 6.43. The first kappa shape index (κ1) is 13.9. The van der Waals surface area contributed by atoms with Gasteiger partial charge in [0.2, 0.25) is 0 Å². The molecule has 4 nitrogen and oxygen atoms in total. The summed E-state index contributed by atoms with van der Waals surface area (Å²) in [6.45, 7) is 2.06. The van der Waals surface area contributed by atoms with Crippen LogP contribution in [0.25, 0.3) is 0 Å². The fraction of sp³-hybridized carbons (Fsp3) is 1.00. The Bertz CT molecular complexity index is 189. The Labute approximate surface area is 97.7 Å². The summed E-state index contributed by atoms with van der Waals surface area (Å²) in [6.07, 6.45) is 5.30. The largest absolute Gasteiger partial charge is 0.395 e. The third-order valence-corrected chi connectivity index (χ3v) is 3.42. The summed E-state index contributed by atoms with van der Waals surface area (Å²) in [5.74, 6) is 0. The van der Waals surface area contributed by atoms with Gasteiger partial charge in [0.1, 0.15) is 0 Å². The summed E-state index contributed by atoms with van der Waals surface area (Å²) in [7, 11) is 0. The van der Waals surface area contributed by atoms with Crippen molar-refractivity contribution in [3.05, 3.63) is 0 Å². The van der Waals surface area contributed by atoms with Crippen molar-refractivity contribution in [2.45, 2.75) is 69.7 Å². The highest BCUT2D eigenvalue weighted by Crippen LogP contribution is 2.19. The molecule has 0 aromatic heterocycles. The Kier molecular flexibility index (Phi) is 6.28. The Balaban J connectivity index is 2.17. The van der Waals surface area contributed by atoms with Gasteiger partial charge in [0.05, 0.1) is 24.9 Å². The monoisotopic (exact) mass is 231 g/mol. The Morgan fingerprint density at radius 1 is 0.938 bits per heavy atom. The second kappa shape index (κ2) is 7.22.